The van der Waals surface area contributed by atoms with Gasteiger partial charge in [0.15, 0.2) is 5.82 Å². The van der Waals surface area contributed by atoms with Gasteiger partial charge in [-0.2, -0.15) is 5.10 Å². The Morgan fingerprint density at radius 2 is 1.83 bits per heavy atom. The molecule has 0 atom stereocenters. The van der Waals surface area contributed by atoms with Crippen LogP contribution in [0, 0.1) is 0 Å². The van der Waals surface area contributed by atoms with Crippen LogP contribution >= 0.6 is 0 Å². The lowest BCUT2D eigenvalue weighted by Gasteiger charge is -2.35. The highest BCUT2D eigenvalue weighted by atomic mass is 16.5. The number of hydrogen-bond donors (Lipinski definition) is 1. The summed E-state index contributed by atoms with van der Waals surface area (Å²) < 4.78 is 12.2. The summed E-state index contributed by atoms with van der Waals surface area (Å²) >= 11 is 0. The van der Waals surface area contributed by atoms with Crippen LogP contribution in [0.5, 0.6) is 11.5 Å². The summed E-state index contributed by atoms with van der Waals surface area (Å²) in [6.45, 7) is 2.49. The molecule has 3 aromatic rings. The van der Waals surface area contributed by atoms with Gasteiger partial charge >= 0.3 is 6.03 Å². The van der Waals surface area contributed by atoms with Crippen LogP contribution in [0.3, 0.4) is 0 Å². The summed E-state index contributed by atoms with van der Waals surface area (Å²) in [5, 5.41) is 7.12. The van der Waals surface area contributed by atoms with E-state index in [1.807, 2.05) is 18.3 Å². The fraction of sp³-hybridized carbons (Fsp3) is 0.300. The topological polar surface area (TPSA) is 97.6 Å². The number of nitrogens with zero attached hydrogens (tertiary/aromatic N) is 6. The smallest absolute Gasteiger partial charge is 0.322 e. The molecule has 10 nitrogen and oxygen atoms in total. The second-order valence-electron chi connectivity index (χ2n) is 6.66. The molecule has 0 aliphatic carbocycles. The number of ether oxygens (including phenoxy) is 2. The SMILES string of the molecule is COc1ccc(NC(=O)N2CCN(c3cc(-n4cccn4)ncn3)CC2)c(OC)c1. The highest BCUT2D eigenvalue weighted by Gasteiger charge is 2.23. The van der Waals surface area contributed by atoms with E-state index in [-0.39, 0.29) is 6.03 Å². The Balaban J connectivity index is 1.38. The predicted octanol–water partition coefficient (Wildman–Crippen LogP) is 2.03. The number of carbonyl (C=O) groups is 1. The quantitative estimate of drug-likeness (QED) is 0.689. The monoisotopic (exact) mass is 409 g/mol. The van der Waals surface area contributed by atoms with Gasteiger partial charge in [0, 0.05) is 50.7 Å². The Morgan fingerprint density at radius 3 is 2.53 bits per heavy atom. The number of carbonyl (C=O) groups excluding carboxylic acids is 1. The van der Waals surface area contributed by atoms with Gasteiger partial charge in [-0.3, -0.25) is 0 Å². The number of piperazine rings is 1. The number of hydrogen-bond acceptors (Lipinski definition) is 7. The van der Waals surface area contributed by atoms with E-state index in [0.29, 0.717) is 49.2 Å². The largest absolute Gasteiger partial charge is 0.497 e. The first kappa shape index (κ1) is 19.5. The molecule has 2 amide bonds. The summed E-state index contributed by atoms with van der Waals surface area (Å²) in [6, 6.07) is 8.85. The van der Waals surface area contributed by atoms with Crippen molar-refractivity contribution in [1.82, 2.24) is 24.6 Å². The minimum absolute atomic E-state index is 0.168. The van der Waals surface area contributed by atoms with E-state index in [9.17, 15) is 4.79 Å². The molecule has 1 aliphatic heterocycles. The number of rotatable bonds is 5. The highest BCUT2D eigenvalue weighted by molar-refractivity contribution is 5.91. The van der Waals surface area contributed by atoms with E-state index < -0.39 is 0 Å². The van der Waals surface area contributed by atoms with Crippen molar-refractivity contribution in [2.24, 2.45) is 0 Å². The minimum Gasteiger partial charge on any atom is -0.497 e. The average Bonchev–Trinajstić information content (AvgIpc) is 3.34. The molecule has 0 spiro atoms. The van der Waals surface area contributed by atoms with Crippen LogP contribution in [0.1, 0.15) is 0 Å². The number of methoxy groups -OCH3 is 2. The first-order valence-corrected chi connectivity index (χ1v) is 9.53. The summed E-state index contributed by atoms with van der Waals surface area (Å²) in [6.07, 6.45) is 5.07. The van der Waals surface area contributed by atoms with E-state index in [4.69, 9.17) is 9.47 Å². The molecule has 10 heteroatoms. The Morgan fingerprint density at radius 1 is 1.03 bits per heavy atom. The van der Waals surface area contributed by atoms with Gasteiger partial charge in [-0.05, 0) is 18.2 Å². The minimum atomic E-state index is -0.168. The molecule has 1 aliphatic rings. The van der Waals surface area contributed by atoms with Crippen molar-refractivity contribution in [1.29, 1.82) is 0 Å². The van der Waals surface area contributed by atoms with Crippen molar-refractivity contribution < 1.29 is 14.3 Å². The molecule has 156 valence electrons. The Bertz CT molecular complexity index is 1000. The maximum atomic E-state index is 12.7. The highest BCUT2D eigenvalue weighted by Crippen LogP contribution is 2.29. The predicted molar refractivity (Wildman–Crippen MR) is 112 cm³/mol. The van der Waals surface area contributed by atoms with Gasteiger partial charge in [0.05, 0.1) is 19.9 Å². The molecule has 3 heterocycles. The molecule has 1 fully saturated rings. The molecular weight excluding hydrogens is 386 g/mol. The molecule has 2 aromatic heterocycles. The van der Waals surface area contributed by atoms with Crippen molar-refractivity contribution in [3.05, 3.63) is 49.1 Å². The van der Waals surface area contributed by atoms with E-state index in [0.717, 1.165) is 5.82 Å². The number of aromatic nitrogens is 4. The zero-order valence-corrected chi connectivity index (χ0v) is 16.9. The average molecular weight is 409 g/mol. The van der Waals surface area contributed by atoms with Crippen LogP contribution in [0.25, 0.3) is 5.82 Å². The van der Waals surface area contributed by atoms with Gasteiger partial charge in [-0.25, -0.2) is 19.4 Å². The zero-order valence-electron chi connectivity index (χ0n) is 16.9. The zero-order chi connectivity index (χ0) is 20.9. The summed E-state index contributed by atoms with van der Waals surface area (Å²) in [4.78, 5) is 25.3. The maximum absolute atomic E-state index is 12.7. The normalized spacial score (nSPS) is 13.8. The van der Waals surface area contributed by atoms with Gasteiger partial charge in [-0.1, -0.05) is 0 Å². The molecule has 0 unspecified atom stereocenters. The van der Waals surface area contributed by atoms with Crippen molar-refractivity contribution in [3.8, 4) is 17.3 Å². The standard InChI is InChI=1S/C20H23N7O3/c1-29-15-4-5-16(17(12-15)30-2)24-20(28)26-10-8-25(9-11-26)18-13-19(22-14-21-18)27-7-3-6-23-27/h3-7,12-14H,8-11H2,1-2H3,(H,24,28). The summed E-state index contributed by atoms with van der Waals surface area (Å²) in [5.74, 6) is 2.73. The Kier molecular flexibility index (Phi) is 5.64. The molecule has 4 rings (SSSR count). The summed E-state index contributed by atoms with van der Waals surface area (Å²) in [7, 11) is 3.14. The fourth-order valence-corrected chi connectivity index (χ4v) is 3.27. The third-order valence-corrected chi connectivity index (χ3v) is 4.92. The van der Waals surface area contributed by atoms with Crippen LogP contribution in [0.4, 0.5) is 16.3 Å². The maximum Gasteiger partial charge on any atom is 0.322 e. The van der Waals surface area contributed by atoms with Crippen LogP contribution in [-0.2, 0) is 0 Å². The number of benzene rings is 1. The number of nitrogens with one attached hydrogen (secondary N) is 1. The molecule has 0 bridgehead atoms. The number of anilines is 2. The lowest BCUT2D eigenvalue weighted by molar-refractivity contribution is 0.208. The van der Waals surface area contributed by atoms with Gasteiger partial charge in [0.25, 0.3) is 0 Å². The van der Waals surface area contributed by atoms with E-state index in [1.54, 1.807) is 48.2 Å². The van der Waals surface area contributed by atoms with E-state index >= 15 is 0 Å². The first-order valence-electron chi connectivity index (χ1n) is 9.53. The first-order chi connectivity index (χ1) is 14.7. The third-order valence-electron chi connectivity index (χ3n) is 4.92. The second-order valence-corrected chi connectivity index (χ2v) is 6.66. The van der Waals surface area contributed by atoms with Gasteiger partial charge in [-0.15, -0.1) is 0 Å². The number of urea groups is 1. The van der Waals surface area contributed by atoms with Crippen molar-refractivity contribution in [2.45, 2.75) is 0 Å². The number of amides is 2. The van der Waals surface area contributed by atoms with E-state index in [1.165, 1.54) is 6.33 Å². The van der Waals surface area contributed by atoms with Gasteiger partial charge < -0.3 is 24.6 Å². The van der Waals surface area contributed by atoms with Gasteiger partial charge in [0.2, 0.25) is 0 Å². The lowest BCUT2D eigenvalue weighted by Crippen LogP contribution is -2.50. The molecule has 1 saturated heterocycles. The molecule has 30 heavy (non-hydrogen) atoms. The van der Waals surface area contributed by atoms with Gasteiger partial charge in [0.1, 0.15) is 23.6 Å². The third kappa shape index (κ3) is 4.12. The van der Waals surface area contributed by atoms with Crippen molar-refractivity contribution >= 4 is 17.5 Å². The lowest BCUT2D eigenvalue weighted by atomic mass is 10.2. The molecular formula is C20H23N7O3. The van der Waals surface area contributed by atoms with Crippen LogP contribution in [0.15, 0.2) is 49.1 Å². The van der Waals surface area contributed by atoms with Crippen molar-refractivity contribution in [2.75, 3.05) is 50.6 Å². The molecule has 1 N–H and O–H groups in total. The molecule has 1 aromatic carbocycles. The molecule has 0 saturated carbocycles. The summed E-state index contributed by atoms with van der Waals surface area (Å²) in [5.41, 5.74) is 0.602. The van der Waals surface area contributed by atoms with E-state index in [2.05, 4.69) is 25.3 Å². The second kappa shape index (κ2) is 8.68. The fourth-order valence-electron chi connectivity index (χ4n) is 3.27. The Labute approximate surface area is 174 Å². The molecule has 0 radical (unpaired) electrons. The van der Waals surface area contributed by atoms with Crippen LogP contribution < -0.4 is 19.7 Å². The van der Waals surface area contributed by atoms with Crippen molar-refractivity contribution in [3.63, 3.8) is 0 Å². The van der Waals surface area contributed by atoms with Crippen LogP contribution in [-0.4, -0.2) is 71.1 Å². The van der Waals surface area contributed by atoms with Crippen LogP contribution in [0.2, 0.25) is 0 Å². The Hall–Kier alpha value is -3.82.